The Kier molecular flexibility index (Phi) is 5.84. The summed E-state index contributed by atoms with van der Waals surface area (Å²) >= 11 is 0. The van der Waals surface area contributed by atoms with Gasteiger partial charge >= 0.3 is 5.82 Å². The van der Waals surface area contributed by atoms with Crippen LogP contribution in [0.4, 0.5) is 5.82 Å². The minimum Gasteiger partial charge on any atom is -0.358 e. The molecule has 1 heterocycles. The summed E-state index contributed by atoms with van der Waals surface area (Å²) in [4.78, 5) is 28.4. The molecule has 7 nitrogen and oxygen atoms in total. The summed E-state index contributed by atoms with van der Waals surface area (Å²) < 4.78 is 1.30. The highest BCUT2D eigenvalue weighted by atomic mass is 16.6. The standard InChI is InChI=1S/C18H20N4O3/c1-4-20(5-2)18(23)15-10-7-14(8-11-15)9-12-16-19-13-17(22(24)25)21(16)6-3/h6-13H,3-5H2,1-2H3. The lowest BCUT2D eigenvalue weighted by Crippen LogP contribution is -2.30. The van der Waals surface area contributed by atoms with Gasteiger partial charge in [0.15, 0.2) is 0 Å². The lowest BCUT2D eigenvalue weighted by atomic mass is 10.1. The topological polar surface area (TPSA) is 81.3 Å². The van der Waals surface area contributed by atoms with Crippen molar-refractivity contribution in [1.29, 1.82) is 0 Å². The predicted octanol–water partition coefficient (Wildman–Crippen LogP) is 3.54. The van der Waals surface area contributed by atoms with Crippen LogP contribution in [0.5, 0.6) is 0 Å². The maximum Gasteiger partial charge on any atom is 0.347 e. The first kappa shape index (κ1) is 18.1. The van der Waals surface area contributed by atoms with E-state index >= 15 is 0 Å². The Hall–Kier alpha value is -3.22. The van der Waals surface area contributed by atoms with Crippen molar-refractivity contribution in [3.8, 4) is 0 Å². The van der Waals surface area contributed by atoms with Gasteiger partial charge in [0.2, 0.25) is 5.82 Å². The molecule has 1 aromatic heterocycles. The summed E-state index contributed by atoms with van der Waals surface area (Å²) in [5, 5.41) is 10.9. The van der Waals surface area contributed by atoms with Gasteiger partial charge in [0.1, 0.15) is 6.20 Å². The summed E-state index contributed by atoms with van der Waals surface area (Å²) in [5.74, 6) is 0.262. The zero-order valence-electron chi connectivity index (χ0n) is 14.3. The molecule has 0 N–H and O–H groups in total. The van der Waals surface area contributed by atoms with Crippen molar-refractivity contribution in [2.45, 2.75) is 13.8 Å². The first-order valence-corrected chi connectivity index (χ1v) is 7.93. The van der Waals surface area contributed by atoms with E-state index in [0.29, 0.717) is 24.5 Å². The molecule has 2 rings (SSSR count). The monoisotopic (exact) mass is 340 g/mol. The van der Waals surface area contributed by atoms with Crippen molar-refractivity contribution in [1.82, 2.24) is 14.5 Å². The molecule has 0 fully saturated rings. The Balaban J connectivity index is 2.19. The van der Waals surface area contributed by atoms with Crippen LogP contribution >= 0.6 is 0 Å². The third-order valence-corrected chi connectivity index (χ3v) is 3.81. The van der Waals surface area contributed by atoms with E-state index in [1.54, 1.807) is 29.2 Å². The molecule has 0 aliphatic heterocycles. The summed E-state index contributed by atoms with van der Waals surface area (Å²) in [7, 11) is 0. The average molecular weight is 340 g/mol. The van der Waals surface area contributed by atoms with Crippen LogP contribution < -0.4 is 0 Å². The molecule has 7 heteroatoms. The molecule has 0 unspecified atom stereocenters. The van der Waals surface area contributed by atoms with Gasteiger partial charge in [-0.15, -0.1) is 0 Å². The van der Waals surface area contributed by atoms with Crippen LogP contribution in [0.2, 0.25) is 0 Å². The summed E-state index contributed by atoms with van der Waals surface area (Å²) in [6.07, 6.45) is 5.97. The lowest BCUT2D eigenvalue weighted by molar-refractivity contribution is -0.390. The number of rotatable bonds is 7. The Bertz CT molecular complexity index is 802. The second kappa shape index (κ2) is 8.05. The molecule has 0 aliphatic rings. The van der Waals surface area contributed by atoms with Gasteiger partial charge < -0.3 is 15.0 Å². The first-order chi connectivity index (χ1) is 12.0. The number of carbonyl (C=O) groups is 1. The maximum atomic E-state index is 12.3. The molecule has 0 saturated heterocycles. The van der Waals surface area contributed by atoms with Crippen LogP contribution in [0.1, 0.15) is 35.6 Å². The predicted molar refractivity (Wildman–Crippen MR) is 97.9 cm³/mol. The minimum absolute atomic E-state index is 0.00152. The highest BCUT2D eigenvalue weighted by Gasteiger charge is 2.16. The average Bonchev–Trinajstić information content (AvgIpc) is 3.04. The molecule has 2 aromatic rings. The van der Waals surface area contributed by atoms with Gasteiger partial charge in [-0.1, -0.05) is 18.7 Å². The molecular formula is C18H20N4O3. The van der Waals surface area contributed by atoms with Crippen molar-refractivity contribution < 1.29 is 9.72 Å². The lowest BCUT2D eigenvalue weighted by Gasteiger charge is -2.18. The summed E-state index contributed by atoms with van der Waals surface area (Å²) in [6.45, 7) is 8.79. The molecule has 0 atom stereocenters. The number of carbonyl (C=O) groups excluding carboxylic acids is 1. The van der Waals surface area contributed by atoms with Gasteiger partial charge in [0, 0.05) is 24.7 Å². The number of imidazole rings is 1. The van der Waals surface area contributed by atoms with Gasteiger partial charge in [-0.05, 0) is 42.5 Å². The van der Waals surface area contributed by atoms with Crippen LogP contribution in [0.15, 0.2) is 37.0 Å². The quantitative estimate of drug-likeness (QED) is 0.570. The van der Waals surface area contributed by atoms with E-state index in [1.807, 2.05) is 26.0 Å². The minimum atomic E-state index is -0.514. The molecule has 0 aliphatic carbocycles. The third-order valence-electron chi connectivity index (χ3n) is 3.81. The Morgan fingerprint density at radius 2 is 1.92 bits per heavy atom. The van der Waals surface area contributed by atoms with Crippen molar-refractivity contribution in [2.75, 3.05) is 13.1 Å². The highest BCUT2D eigenvalue weighted by Crippen LogP contribution is 2.17. The van der Waals surface area contributed by atoms with Crippen molar-refractivity contribution in [3.05, 3.63) is 64.1 Å². The molecule has 1 amide bonds. The van der Waals surface area contributed by atoms with Crippen molar-refractivity contribution >= 4 is 30.1 Å². The molecule has 0 spiro atoms. The van der Waals surface area contributed by atoms with E-state index in [0.717, 1.165) is 5.56 Å². The fourth-order valence-corrected chi connectivity index (χ4v) is 2.41. The van der Waals surface area contributed by atoms with Crippen LogP contribution in [-0.2, 0) is 0 Å². The molecule has 1 aromatic carbocycles. The van der Waals surface area contributed by atoms with E-state index in [-0.39, 0.29) is 11.7 Å². The van der Waals surface area contributed by atoms with Crippen LogP contribution in [0, 0.1) is 10.1 Å². The second-order valence-corrected chi connectivity index (χ2v) is 5.22. The summed E-state index contributed by atoms with van der Waals surface area (Å²) in [5.41, 5.74) is 1.49. The highest BCUT2D eigenvalue weighted by molar-refractivity contribution is 5.94. The zero-order chi connectivity index (χ0) is 18.4. The van der Waals surface area contributed by atoms with Crippen LogP contribution in [-0.4, -0.2) is 38.4 Å². The van der Waals surface area contributed by atoms with Crippen LogP contribution in [0.3, 0.4) is 0 Å². The van der Waals surface area contributed by atoms with Crippen molar-refractivity contribution in [3.63, 3.8) is 0 Å². The number of nitro groups is 1. The van der Waals surface area contributed by atoms with Gasteiger partial charge in [0.25, 0.3) is 5.91 Å². The number of benzene rings is 1. The van der Waals surface area contributed by atoms with E-state index < -0.39 is 4.92 Å². The number of nitrogens with zero attached hydrogens (tertiary/aromatic N) is 4. The molecule has 25 heavy (non-hydrogen) atoms. The maximum absolute atomic E-state index is 12.3. The smallest absolute Gasteiger partial charge is 0.347 e. The fourth-order valence-electron chi connectivity index (χ4n) is 2.41. The Morgan fingerprint density at radius 1 is 1.28 bits per heavy atom. The first-order valence-electron chi connectivity index (χ1n) is 7.93. The van der Waals surface area contributed by atoms with E-state index in [9.17, 15) is 14.9 Å². The Labute approximate surface area is 146 Å². The van der Waals surface area contributed by atoms with Gasteiger partial charge in [-0.3, -0.25) is 4.79 Å². The van der Waals surface area contributed by atoms with Gasteiger partial charge in [-0.2, -0.15) is 4.57 Å². The van der Waals surface area contributed by atoms with Gasteiger partial charge in [0.05, 0.1) is 6.20 Å². The fraction of sp³-hybridized carbons (Fsp3) is 0.222. The Morgan fingerprint density at radius 3 is 2.44 bits per heavy atom. The number of hydrogen-bond donors (Lipinski definition) is 0. The molecule has 0 radical (unpaired) electrons. The van der Waals surface area contributed by atoms with Crippen molar-refractivity contribution in [2.24, 2.45) is 0 Å². The van der Waals surface area contributed by atoms with Crippen LogP contribution in [0.25, 0.3) is 18.4 Å². The number of aromatic nitrogens is 2. The normalized spacial score (nSPS) is 10.8. The molecule has 0 saturated carbocycles. The number of amides is 1. The van der Waals surface area contributed by atoms with E-state index in [2.05, 4.69) is 11.6 Å². The molecule has 130 valence electrons. The number of hydrogen-bond acceptors (Lipinski definition) is 4. The summed E-state index contributed by atoms with van der Waals surface area (Å²) in [6, 6.07) is 7.18. The zero-order valence-corrected chi connectivity index (χ0v) is 14.3. The molecule has 0 bridgehead atoms. The van der Waals surface area contributed by atoms with Gasteiger partial charge in [-0.25, -0.2) is 4.98 Å². The third kappa shape index (κ3) is 4.00. The van der Waals surface area contributed by atoms with E-state index in [1.165, 1.54) is 17.0 Å². The largest absolute Gasteiger partial charge is 0.358 e. The SMILES string of the molecule is C=Cn1c([N+](=O)[O-])cnc1C=Cc1ccc(C(=O)N(CC)CC)cc1. The second-order valence-electron chi connectivity index (χ2n) is 5.22. The molecular weight excluding hydrogens is 320 g/mol. The van der Waals surface area contributed by atoms with E-state index in [4.69, 9.17) is 0 Å².